The normalized spacial score (nSPS) is 10.3. The van der Waals surface area contributed by atoms with Crippen molar-refractivity contribution in [2.24, 2.45) is 0 Å². The third kappa shape index (κ3) is 3.11. The number of carbonyl (C=O) groups is 1. The van der Waals surface area contributed by atoms with Crippen LogP contribution < -0.4 is 5.32 Å². The molecule has 0 aliphatic heterocycles. The van der Waals surface area contributed by atoms with Crippen LogP contribution in [-0.2, 0) is 0 Å². The van der Waals surface area contributed by atoms with Gasteiger partial charge in [-0.1, -0.05) is 6.07 Å². The van der Waals surface area contributed by atoms with E-state index in [1.54, 1.807) is 41.1 Å². The van der Waals surface area contributed by atoms with Gasteiger partial charge < -0.3 is 5.32 Å². The Morgan fingerprint density at radius 3 is 2.67 bits per heavy atom. The van der Waals surface area contributed by atoms with Gasteiger partial charge >= 0.3 is 0 Å². The Morgan fingerprint density at radius 2 is 1.95 bits per heavy atom. The van der Waals surface area contributed by atoms with Crippen molar-refractivity contribution in [2.45, 2.75) is 0 Å². The molecule has 0 aromatic carbocycles. The second kappa shape index (κ2) is 5.80. The van der Waals surface area contributed by atoms with Crippen molar-refractivity contribution < 1.29 is 4.79 Å². The number of aromatic nitrogens is 5. The maximum absolute atomic E-state index is 12.2. The van der Waals surface area contributed by atoms with E-state index in [9.17, 15) is 4.79 Å². The van der Waals surface area contributed by atoms with Gasteiger partial charge in [-0.2, -0.15) is 0 Å². The Labute approximate surface area is 128 Å². The van der Waals surface area contributed by atoms with Crippen molar-refractivity contribution in [3.05, 3.63) is 59.3 Å². The largest absolute Gasteiger partial charge is 0.305 e. The van der Waals surface area contributed by atoms with Gasteiger partial charge in [-0.05, 0) is 40.2 Å². The number of nitrogens with zero attached hydrogens (tertiary/aromatic N) is 5. The Hall–Kier alpha value is -2.61. The van der Waals surface area contributed by atoms with Gasteiger partial charge in [-0.25, -0.2) is 9.97 Å². The van der Waals surface area contributed by atoms with E-state index in [0.29, 0.717) is 11.6 Å². The second-order valence-corrected chi connectivity index (χ2v) is 4.98. The van der Waals surface area contributed by atoms with Crippen LogP contribution in [0.25, 0.3) is 5.82 Å². The van der Waals surface area contributed by atoms with E-state index >= 15 is 0 Å². The lowest BCUT2D eigenvalue weighted by Gasteiger charge is -2.05. The Morgan fingerprint density at radius 1 is 1.14 bits per heavy atom. The fourth-order valence-corrected chi connectivity index (χ4v) is 1.88. The van der Waals surface area contributed by atoms with Crippen LogP contribution in [0.5, 0.6) is 0 Å². The van der Waals surface area contributed by atoms with Crippen LogP contribution in [0, 0.1) is 0 Å². The molecule has 0 saturated heterocycles. The van der Waals surface area contributed by atoms with Crippen LogP contribution in [0.3, 0.4) is 0 Å². The Bertz CT molecular complexity index is 757. The van der Waals surface area contributed by atoms with Gasteiger partial charge in [-0.3, -0.25) is 9.36 Å². The van der Waals surface area contributed by atoms with Crippen LogP contribution >= 0.6 is 15.9 Å². The second-order valence-electron chi connectivity index (χ2n) is 4.07. The topological polar surface area (TPSA) is 85.6 Å². The number of halogens is 1. The molecule has 0 aliphatic rings. The maximum atomic E-state index is 12.2. The zero-order chi connectivity index (χ0) is 14.7. The van der Waals surface area contributed by atoms with E-state index in [0.717, 1.165) is 4.47 Å². The highest BCUT2D eigenvalue weighted by Gasteiger charge is 2.09. The summed E-state index contributed by atoms with van der Waals surface area (Å²) in [7, 11) is 0. The molecule has 8 heteroatoms. The monoisotopic (exact) mass is 344 g/mol. The number of pyridine rings is 2. The summed E-state index contributed by atoms with van der Waals surface area (Å²) in [5.41, 5.74) is 0.283. The fourth-order valence-electron chi connectivity index (χ4n) is 1.64. The number of rotatable bonds is 3. The van der Waals surface area contributed by atoms with Crippen molar-refractivity contribution in [2.75, 3.05) is 5.32 Å². The number of amides is 1. The van der Waals surface area contributed by atoms with E-state index in [1.807, 2.05) is 0 Å². The third-order valence-corrected chi connectivity index (χ3v) is 3.09. The van der Waals surface area contributed by atoms with E-state index in [2.05, 4.69) is 41.4 Å². The molecule has 3 heterocycles. The molecule has 0 spiro atoms. The molecular weight excluding hydrogens is 336 g/mol. The first kappa shape index (κ1) is 13.4. The highest BCUT2D eigenvalue weighted by atomic mass is 79.9. The minimum Gasteiger partial charge on any atom is -0.305 e. The lowest BCUT2D eigenvalue weighted by molar-refractivity contribution is 0.102. The predicted octanol–water partition coefficient (Wildman–Crippen LogP) is 2.07. The first-order valence-electron chi connectivity index (χ1n) is 5.97. The molecule has 0 unspecified atom stereocenters. The van der Waals surface area contributed by atoms with Gasteiger partial charge in [0.25, 0.3) is 5.91 Å². The first-order chi connectivity index (χ1) is 10.2. The lowest BCUT2D eigenvalue weighted by Crippen LogP contribution is -2.15. The van der Waals surface area contributed by atoms with Crippen LogP contribution in [0.15, 0.2) is 53.7 Å². The number of carbonyl (C=O) groups excluding carboxylic acids is 1. The first-order valence-corrected chi connectivity index (χ1v) is 6.76. The van der Waals surface area contributed by atoms with E-state index in [4.69, 9.17) is 0 Å². The quantitative estimate of drug-likeness (QED) is 0.785. The summed E-state index contributed by atoms with van der Waals surface area (Å²) < 4.78 is 2.46. The molecule has 3 rings (SSSR count). The summed E-state index contributed by atoms with van der Waals surface area (Å²) in [6, 6.07) is 8.63. The van der Waals surface area contributed by atoms with Crippen LogP contribution in [0.1, 0.15) is 10.5 Å². The minimum atomic E-state index is -0.334. The van der Waals surface area contributed by atoms with E-state index in [-0.39, 0.29) is 11.6 Å². The van der Waals surface area contributed by atoms with Gasteiger partial charge in [0, 0.05) is 10.7 Å². The molecule has 21 heavy (non-hydrogen) atoms. The predicted molar refractivity (Wildman–Crippen MR) is 79.0 cm³/mol. The number of hydrogen-bond donors (Lipinski definition) is 1. The number of anilines is 1. The zero-order valence-corrected chi connectivity index (χ0v) is 12.2. The Kier molecular flexibility index (Phi) is 3.69. The van der Waals surface area contributed by atoms with Gasteiger partial charge in [-0.15, -0.1) is 10.2 Å². The third-order valence-electron chi connectivity index (χ3n) is 2.62. The molecule has 3 aromatic rings. The average Bonchev–Trinajstić information content (AvgIpc) is 3.04. The molecule has 1 amide bonds. The van der Waals surface area contributed by atoms with Gasteiger partial charge in [0.2, 0.25) is 0 Å². The van der Waals surface area contributed by atoms with Crippen molar-refractivity contribution in [3.63, 3.8) is 0 Å². The van der Waals surface area contributed by atoms with Gasteiger partial charge in [0.05, 0.1) is 0 Å². The van der Waals surface area contributed by atoms with Crippen molar-refractivity contribution >= 4 is 27.7 Å². The molecular formula is C13H9BrN6O. The van der Waals surface area contributed by atoms with Crippen LogP contribution in [0.4, 0.5) is 5.82 Å². The summed E-state index contributed by atoms with van der Waals surface area (Å²) in [4.78, 5) is 20.5. The van der Waals surface area contributed by atoms with E-state index < -0.39 is 0 Å². The highest BCUT2D eigenvalue weighted by Crippen LogP contribution is 2.12. The molecule has 0 bridgehead atoms. The highest BCUT2D eigenvalue weighted by molar-refractivity contribution is 9.10. The lowest BCUT2D eigenvalue weighted by atomic mass is 10.3. The summed E-state index contributed by atoms with van der Waals surface area (Å²) in [6.07, 6.45) is 4.64. The molecule has 0 fully saturated rings. The molecule has 0 saturated carbocycles. The summed E-state index contributed by atoms with van der Waals surface area (Å²) in [6.45, 7) is 0. The molecule has 104 valence electrons. The molecule has 3 aromatic heterocycles. The minimum absolute atomic E-state index is 0.283. The van der Waals surface area contributed by atoms with Crippen LogP contribution in [0.2, 0.25) is 0 Å². The van der Waals surface area contributed by atoms with Crippen LogP contribution in [-0.4, -0.2) is 30.6 Å². The number of hydrogen-bond acceptors (Lipinski definition) is 5. The summed E-state index contributed by atoms with van der Waals surface area (Å²) in [5, 5.41) is 10.1. The molecule has 7 nitrogen and oxygen atoms in total. The zero-order valence-electron chi connectivity index (χ0n) is 10.6. The molecule has 0 radical (unpaired) electrons. The maximum Gasteiger partial charge on any atom is 0.275 e. The van der Waals surface area contributed by atoms with Crippen molar-refractivity contribution in [3.8, 4) is 5.82 Å². The SMILES string of the molecule is O=C(Nc1ccc(Br)cn1)c1cccc(-n2cnnc2)n1. The smallest absolute Gasteiger partial charge is 0.275 e. The van der Waals surface area contributed by atoms with Gasteiger partial charge in [0.1, 0.15) is 30.0 Å². The Balaban J connectivity index is 1.81. The fraction of sp³-hybridized carbons (Fsp3) is 0. The standard InChI is InChI=1S/C13H9BrN6O/c14-9-4-5-11(15-6-9)19-13(21)10-2-1-3-12(18-10)20-7-16-17-8-20/h1-8H,(H,15,19,21). The molecule has 0 atom stereocenters. The van der Waals surface area contributed by atoms with Gasteiger partial charge in [0.15, 0.2) is 0 Å². The van der Waals surface area contributed by atoms with Crippen molar-refractivity contribution in [1.82, 2.24) is 24.7 Å². The number of nitrogens with one attached hydrogen (secondary N) is 1. The summed E-state index contributed by atoms with van der Waals surface area (Å²) in [5.74, 6) is 0.691. The summed E-state index contributed by atoms with van der Waals surface area (Å²) >= 11 is 3.29. The average molecular weight is 345 g/mol. The molecule has 0 aliphatic carbocycles. The van der Waals surface area contributed by atoms with E-state index in [1.165, 1.54) is 12.7 Å². The van der Waals surface area contributed by atoms with Crippen molar-refractivity contribution in [1.29, 1.82) is 0 Å². The molecule has 1 N–H and O–H groups in total.